The maximum Gasteiger partial charge on any atom is 0.00676 e. The van der Waals surface area contributed by atoms with E-state index in [-0.39, 0.29) is 0 Å². The fourth-order valence-electron chi connectivity index (χ4n) is 2.05. The van der Waals surface area contributed by atoms with Gasteiger partial charge in [-0.1, -0.05) is 6.42 Å². The minimum absolute atomic E-state index is 0.487. The first kappa shape index (κ1) is 11.0. The van der Waals surface area contributed by atoms with Crippen molar-refractivity contribution >= 4 is 0 Å². The summed E-state index contributed by atoms with van der Waals surface area (Å²) in [5.41, 5.74) is 6.02. The highest BCUT2D eigenvalue weighted by atomic mass is 15.1. The van der Waals surface area contributed by atoms with Crippen LogP contribution >= 0.6 is 0 Å². The first-order chi connectivity index (χ1) is 6.11. The zero-order chi connectivity index (χ0) is 9.84. The maximum atomic E-state index is 6.02. The van der Waals surface area contributed by atoms with Crippen LogP contribution in [0.15, 0.2) is 0 Å². The molecule has 0 bridgehead atoms. The van der Waals surface area contributed by atoms with Crippen molar-refractivity contribution in [3.8, 4) is 0 Å². The molecule has 0 spiro atoms. The summed E-state index contributed by atoms with van der Waals surface area (Å²) < 4.78 is 0. The molecule has 0 amide bonds. The number of hydrogen-bond acceptors (Lipinski definition) is 2. The molecular formula is C11H24N2. The van der Waals surface area contributed by atoms with Crippen LogP contribution in [0.1, 0.15) is 39.5 Å². The zero-order valence-corrected chi connectivity index (χ0v) is 9.29. The summed E-state index contributed by atoms with van der Waals surface area (Å²) in [6.45, 7) is 5.69. The van der Waals surface area contributed by atoms with Gasteiger partial charge in [0.25, 0.3) is 0 Å². The van der Waals surface area contributed by atoms with E-state index in [9.17, 15) is 0 Å². The van der Waals surface area contributed by atoms with Crippen molar-refractivity contribution in [2.75, 3.05) is 13.6 Å². The van der Waals surface area contributed by atoms with E-state index in [2.05, 4.69) is 25.8 Å². The molecule has 1 aliphatic rings. The predicted octanol–water partition coefficient (Wildman–Crippen LogP) is 1.84. The Balaban J connectivity index is 2.18. The quantitative estimate of drug-likeness (QED) is 0.722. The fourth-order valence-corrected chi connectivity index (χ4v) is 2.05. The number of nitrogens with two attached hydrogens (primary N) is 1. The molecular weight excluding hydrogens is 160 g/mol. The third-order valence-electron chi connectivity index (χ3n) is 3.45. The van der Waals surface area contributed by atoms with Gasteiger partial charge < -0.3 is 10.6 Å². The smallest absolute Gasteiger partial charge is 0.00676 e. The van der Waals surface area contributed by atoms with Crippen molar-refractivity contribution in [3.63, 3.8) is 0 Å². The Hall–Kier alpha value is -0.0800. The molecule has 2 heteroatoms. The minimum Gasteiger partial charge on any atom is -0.327 e. The van der Waals surface area contributed by atoms with Gasteiger partial charge >= 0.3 is 0 Å². The third-order valence-corrected chi connectivity index (χ3v) is 3.45. The Bertz CT molecular complexity index is 145. The lowest BCUT2D eigenvalue weighted by atomic mass is 10.00. The lowest BCUT2D eigenvalue weighted by Gasteiger charge is -2.24. The second-order valence-corrected chi connectivity index (χ2v) is 4.72. The van der Waals surface area contributed by atoms with Gasteiger partial charge in [0.2, 0.25) is 0 Å². The molecule has 0 aromatic rings. The molecule has 0 radical (unpaired) electrons. The van der Waals surface area contributed by atoms with Gasteiger partial charge in [0.15, 0.2) is 0 Å². The Morgan fingerprint density at radius 3 is 2.54 bits per heavy atom. The molecule has 0 saturated heterocycles. The van der Waals surface area contributed by atoms with Gasteiger partial charge in [-0.15, -0.1) is 0 Å². The molecule has 13 heavy (non-hydrogen) atoms. The van der Waals surface area contributed by atoms with E-state index in [1.807, 2.05) is 0 Å². The lowest BCUT2D eigenvalue weighted by molar-refractivity contribution is 0.247. The van der Waals surface area contributed by atoms with E-state index in [0.29, 0.717) is 12.1 Å². The predicted molar refractivity (Wildman–Crippen MR) is 57.7 cm³/mol. The molecule has 1 saturated carbocycles. The molecule has 2 nitrogen and oxygen atoms in total. The van der Waals surface area contributed by atoms with E-state index < -0.39 is 0 Å². The van der Waals surface area contributed by atoms with Gasteiger partial charge in [0.05, 0.1) is 0 Å². The third kappa shape index (κ3) is 3.28. The molecule has 2 N–H and O–H groups in total. The highest BCUT2D eigenvalue weighted by Gasteiger charge is 2.23. The van der Waals surface area contributed by atoms with Gasteiger partial charge in [-0.05, 0) is 52.6 Å². The Kier molecular flexibility index (Phi) is 4.20. The molecule has 0 aliphatic heterocycles. The zero-order valence-electron chi connectivity index (χ0n) is 9.29. The Morgan fingerprint density at radius 1 is 1.38 bits per heavy atom. The van der Waals surface area contributed by atoms with Crippen LogP contribution in [0.4, 0.5) is 0 Å². The SMILES string of the molecule is CC(C)N(C)CCC1CCCC1N. The summed E-state index contributed by atoms with van der Waals surface area (Å²) in [6.07, 6.45) is 5.23. The average molecular weight is 184 g/mol. The van der Waals surface area contributed by atoms with Crippen LogP contribution in [0.2, 0.25) is 0 Å². The van der Waals surface area contributed by atoms with Crippen molar-refractivity contribution in [2.24, 2.45) is 11.7 Å². The van der Waals surface area contributed by atoms with Crippen LogP contribution in [-0.4, -0.2) is 30.6 Å². The molecule has 1 fully saturated rings. The number of hydrogen-bond donors (Lipinski definition) is 1. The Labute approximate surface area is 82.5 Å². The van der Waals surface area contributed by atoms with Crippen molar-refractivity contribution < 1.29 is 0 Å². The van der Waals surface area contributed by atoms with E-state index in [1.165, 1.54) is 32.2 Å². The van der Waals surface area contributed by atoms with E-state index >= 15 is 0 Å². The fraction of sp³-hybridized carbons (Fsp3) is 1.00. The standard InChI is InChI=1S/C11H24N2/c1-9(2)13(3)8-7-10-5-4-6-11(10)12/h9-11H,4-8,12H2,1-3H3. The van der Waals surface area contributed by atoms with Crippen LogP contribution in [0.25, 0.3) is 0 Å². The number of nitrogens with zero attached hydrogens (tertiary/aromatic N) is 1. The largest absolute Gasteiger partial charge is 0.327 e. The number of rotatable bonds is 4. The molecule has 0 aromatic heterocycles. The van der Waals surface area contributed by atoms with Gasteiger partial charge in [-0.25, -0.2) is 0 Å². The van der Waals surface area contributed by atoms with Crippen molar-refractivity contribution in [2.45, 2.75) is 51.6 Å². The van der Waals surface area contributed by atoms with E-state index in [0.717, 1.165) is 5.92 Å². The summed E-state index contributed by atoms with van der Waals surface area (Å²) >= 11 is 0. The van der Waals surface area contributed by atoms with Gasteiger partial charge in [-0.3, -0.25) is 0 Å². The molecule has 0 heterocycles. The van der Waals surface area contributed by atoms with Crippen LogP contribution in [0, 0.1) is 5.92 Å². The van der Waals surface area contributed by atoms with Crippen molar-refractivity contribution in [1.82, 2.24) is 4.90 Å². The summed E-state index contributed by atoms with van der Waals surface area (Å²) in [5, 5.41) is 0. The molecule has 1 rings (SSSR count). The normalized spacial score (nSPS) is 29.1. The average Bonchev–Trinajstić information content (AvgIpc) is 2.47. The molecule has 1 aliphatic carbocycles. The highest BCUT2D eigenvalue weighted by molar-refractivity contribution is 4.80. The van der Waals surface area contributed by atoms with Crippen LogP contribution < -0.4 is 5.73 Å². The highest BCUT2D eigenvalue weighted by Crippen LogP contribution is 2.26. The van der Waals surface area contributed by atoms with Crippen LogP contribution in [0.5, 0.6) is 0 Å². The lowest BCUT2D eigenvalue weighted by Crippen LogP contribution is -2.32. The topological polar surface area (TPSA) is 29.3 Å². The van der Waals surface area contributed by atoms with Crippen molar-refractivity contribution in [3.05, 3.63) is 0 Å². The summed E-state index contributed by atoms with van der Waals surface area (Å²) in [6, 6.07) is 1.15. The van der Waals surface area contributed by atoms with E-state index in [1.54, 1.807) is 0 Å². The first-order valence-electron chi connectivity index (χ1n) is 5.57. The summed E-state index contributed by atoms with van der Waals surface area (Å²) in [7, 11) is 2.20. The second-order valence-electron chi connectivity index (χ2n) is 4.72. The Morgan fingerprint density at radius 2 is 2.08 bits per heavy atom. The monoisotopic (exact) mass is 184 g/mol. The van der Waals surface area contributed by atoms with Gasteiger partial charge in [0, 0.05) is 12.1 Å². The molecule has 0 aromatic carbocycles. The molecule has 2 unspecified atom stereocenters. The second kappa shape index (κ2) is 4.97. The summed E-state index contributed by atoms with van der Waals surface area (Å²) in [5.74, 6) is 0.793. The van der Waals surface area contributed by atoms with Gasteiger partial charge in [-0.2, -0.15) is 0 Å². The summed E-state index contributed by atoms with van der Waals surface area (Å²) in [4.78, 5) is 2.41. The van der Waals surface area contributed by atoms with Crippen LogP contribution in [-0.2, 0) is 0 Å². The minimum atomic E-state index is 0.487. The van der Waals surface area contributed by atoms with E-state index in [4.69, 9.17) is 5.73 Å². The first-order valence-corrected chi connectivity index (χ1v) is 5.57. The maximum absolute atomic E-state index is 6.02. The van der Waals surface area contributed by atoms with Gasteiger partial charge in [0.1, 0.15) is 0 Å². The van der Waals surface area contributed by atoms with Crippen LogP contribution in [0.3, 0.4) is 0 Å². The van der Waals surface area contributed by atoms with Crippen molar-refractivity contribution in [1.29, 1.82) is 0 Å². The molecule has 78 valence electrons. The molecule has 2 atom stereocenters.